The number of aliphatic hydroxyl groups excluding tert-OH is 1. The number of aromatic nitrogens is 4. The molecule has 2 N–H and O–H groups in total. The molecule has 2 saturated carbocycles. The van der Waals surface area contributed by atoms with Crippen LogP contribution in [0.25, 0.3) is 11.2 Å². The van der Waals surface area contributed by atoms with Crippen molar-refractivity contribution in [2.75, 3.05) is 0 Å². The summed E-state index contributed by atoms with van der Waals surface area (Å²) in [6.45, 7) is 2.23. The van der Waals surface area contributed by atoms with Crippen LogP contribution in [0.5, 0.6) is 0 Å². The largest absolute Gasteiger partial charge is 0.390 e. The second-order valence-corrected chi connectivity index (χ2v) is 8.31. The van der Waals surface area contributed by atoms with Gasteiger partial charge in [-0.2, -0.15) is 4.98 Å². The van der Waals surface area contributed by atoms with E-state index in [1.807, 2.05) is 4.68 Å². The fourth-order valence-corrected chi connectivity index (χ4v) is 5.13. The van der Waals surface area contributed by atoms with E-state index in [-0.39, 0.29) is 23.5 Å². The van der Waals surface area contributed by atoms with Crippen LogP contribution < -0.4 is 0 Å². The molecule has 136 valence electrons. The Labute approximate surface area is 154 Å². The van der Waals surface area contributed by atoms with Crippen LogP contribution in [0.4, 0.5) is 0 Å². The molecule has 2 aromatic rings. The Kier molecular flexibility index (Phi) is 3.63. The summed E-state index contributed by atoms with van der Waals surface area (Å²) in [4.78, 5) is 8.19. The third-order valence-electron chi connectivity index (χ3n) is 5.79. The second kappa shape index (κ2) is 5.57. The van der Waals surface area contributed by atoms with Crippen LogP contribution in [0.2, 0.25) is 10.4 Å². The maximum absolute atomic E-state index is 10.5. The first-order valence-electron chi connectivity index (χ1n) is 8.78. The Morgan fingerprint density at radius 3 is 2.88 bits per heavy atom. The van der Waals surface area contributed by atoms with Crippen molar-refractivity contribution < 1.29 is 14.6 Å². The third kappa shape index (κ3) is 2.44. The van der Waals surface area contributed by atoms with Gasteiger partial charge in [-0.15, -0.1) is 0 Å². The number of hydrogen-bond donors (Lipinski definition) is 2. The van der Waals surface area contributed by atoms with Gasteiger partial charge in [0.1, 0.15) is 17.7 Å². The molecule has 0 aromatic carbocycles. The molecule has 0 radical (unpaired) electrons. The number of H-pyrrole nitrogens is 1. The Morgan fingerprint density at radius 2 is 2.08 bits per heavy atom. The van der Waals surface area contributed by atoms with Gasteiger partial charge in [0.05, 0.1) is 12.1 Å². The molecule has 6 atom stereocenters. The molecule has 2 aliphatic carbocycles. The molecule has 2 aromatic heterocycles. The van der Waals surface area contributed by atoms with Gasteiger partial charge >= 0.3 is 0 Å². The molecular weight excluding hydrogens is 367 g/mol. The van der Waals surface area contributed by atoms with E-state index in [4.69, 9.17) is 32.7 Å². The smallest absolute Gasteiger partial charge is 0.225 e. The van der Waals surface area contributed by atoms with Crippen molar-refractivity contribution >= 4 is 34.4 Å². The summed E-state index contributed by atoms with van der Waals surface area (Å²) in [6.07, 6.45) is 3.49. The summed E-state index contributed by atoms with van der Waals surface area (Å²) in [5.74, 6) is 0.0118. The highest BCUT2D eigenvalue weighted by molar-refractivity contribution is 6.35. The Hall–Kier alpha value is -0.860. The quantitative estimate of drug-likeness (QED) is 0.580. The maximum Gasteiger partial charge on any atom is 0.225 e. The Morgan fingerprint density at radius 1 is 1.28 bits per heavy atom. The van der Waals surface area contributed by atoms with E-state index in [0.717, 1.165) is 19.3 Å². The minimum Gasteiger partial charge on any atom is -0.390 e. The highest BCUT2D eigenvalue weighted by Crippen LogP contribution is 2.50. The van der Waals surface area contributed by atoms with E-state index in [9.17, 15) is 5.11 Å². The van der Waals surface area contributed by atoms with Gasteiger partial charge in [0.25, 0.3) is 0 Å². The van der Waals surface area contributed by atoms with Gasteiger partial charge in [-0.05, 0) is 23.9 Å². The molecule has 6 unspecified atom stereocenters. The predicted molar refractivity (Wildman–Crippen MR) is 91.7 cm³/mol. The zero-order valence-electron chi connectivity index (χ0n) is 13.8. The van der Waals surface area contributed by atoms with Crippen LogP contribution in [0.3, 0.4) is 0 Å². The lowest BCUT2D eigenvalue weighted by molar-refractivity contribution is -0.216. The number of hydrogen-bond acceptors (Lipinski definition) is 5. The molecule has 0 amide bonds. The molecule has 25 heavy (non-hydrogen) atoms. The number of rotatable bonds is 1. The summed E-state index contributed by atoms with van der Waals surface area (Å²) in [6, 6.07) is -0.0915. The summed E-state index contributed by atoms with van der Waals surface area (Å²) < 4.78 is 14.6. The van der Waals surface area contributed by atoms with E-state index >= 15 is 0 Å². The molecular formula is C16H20Cl2N4O3. The Bertz CT molecular complexity index is 824. The average molecular weight is 387 g/mol. The number of halogens is 2. The van der Waals surface area contributed by atoms with E-state index < -0.39 is 11.9 Å². The standard InChI is InChI=1S/C16H20Cl2N4O3/c1-7-3-2-4-16(6-7)24-11-8(5-9(23)12(11)25-16)22-14-10(21-22)13(17)19-15(18)20-14/h7-9,11-12,21,23H,2-6H2,1H3. The number of aliphatic hydroxyl groups is 1. The normalized spacial score (nSPS) is 41.0. The molecule has 7 nitrogen and oxygen atoms in total. The van der Waals surface area contributed by atoms with Crippen LogP contribution in [0.1, 0.15) is 45.1 Å². The van der Waals surface area contributed by atoms with Crippen LogP contribution in [-0.2, 0) is 9.47 Å². The van der Waals surface area contributed by atoms with Gasteiger partial charge in [-0.3, -0.25) is 9.78 Å². The minimum absolute atomic E-state index is 0.0915. The number of fused-ring (bicyclic) bond motifs is 2. The van der Waals surface area contributed by atoms with Crippen molar-refractivity contribution in [1.29, 1.82) is 0 Å². The SMILES string of the molecule is CC1CCCC2(C1)OC1C(O)CC(n3[nH]c4c(Cl)nc(Cl)nc43)C1O2. The zero-order chi connectivity index (χ0) is 17.3. The van der Waals surface area contributed by atoms with Crippen LogP contribution in [-0.4, -0.2) is 49.0 Å². The van der Waals surface area contributed by atoms with Crippen LogP contribution in [0.15, 0.2) is 0 Å². The third-order valence-corrected chi connectivity index (χ3v) is 6.23. The van der Waals surface area contributed by atoms with Crippen molar-refractivity contribution in [3.8, 4) is 0 Å². The minimum atomic E-state index is -0.565. The maximum atomic E-state index is 10.5. The molecule has 1 aliphatic heterocycles. The van der Waals surface area contributed by atoms with Crippen LogP contribution in [0, 0.1) is 5.92 Å². The van der Waals surface area contributed by atoms with Gasteiger partial charge < -0.3 is 14.6 Å². The molecule has 3 fully saturated rings. The van der Waals surface area contributed by atoms with Gasteiger partial charge in [0, 0.05) is 19.3 Å². The number of nitrogens with one attached hydrogen (secondary N) is 1. The topological polar surface area (TPSA) is 85.2 Å². The fourth-order valence-electron chi connectivity index (χ4n) is 4.72. The lowest BCUT2D eigenvalue weighted by Crippen LogP contribution is -2.38. The van der Waals surface area contributed by atoms with Crippen molar-refractivity contribution in [2.24, 2.45) is 5.92 Å². The first-order valence-corrected chi connectivity index (χ1v) is 9.54. The van der Waals surface area contributed by atoms with Crippen molar-refractivity contribution in [1.82, 2.24) is 19.7 Å². The summed E-state index contributed by atoms with van der Waals surface area (Å²) >= 11 is 12.0. The highest BCUT2D eigenvalue weighted by atomic mass is 35.5. The molecule has 3 heterocycles. The van der Waals surface area contributed by atoms with Crippen LogP contribution >= 0.6 is 23.2 Å². The lowest BCUT2D eigenvalue weighted by Gasteiger charge is -2.37. The van der Waals surface area contributed by atoms with Crippen molar-refractivity contribution in [2.45, 2.75) is 69.2 Å². The van der Waals surface area contributed by atoms with Gasteiger partial charge in [0.2, 0.25) is 5.28 Å². The second-order valence-electron chi connectivity index (χ2n) is 7.61. The van der Waals surface area contributed by atoms with E-state index in [2.05, 4.69) is 22.0 Å². The first-order chi connectivity index (χ1) is 12.0. The molecule has 3 aliphatic rings. The zero-order valence-corrected chi connectivity index (χ0v) is 15.3. The molecule has 0 bridgehead atoms. The summed E-state index contributed by atoms with van der Waals surface area (Å²) in [5, 5.41) is 14.1. The Balaban J connectivity index is 1.47. The lowest BCUT2D eigenvalue weighted by atomic mass is 9.86. The van der Waals surface area contributed by atoms with Crippen molar-refractivity contribution in [3.63, 3.8) is 0 Å². The van der Waals surface area contributed by atoms with Gasteiger partial charge in [-0.25, -0.2) is 4.98 Å². The number of nitrogens with zero attached hydrogens (tertiary/aromatic N) is 3. The predicted octanol–water partition coefficient (Wildman–Crippen LogP) is 3.06. The summed E-state index contributed by atoms with van der Waals surface area (Å²) in [5.41, 5.74) is 1.30. The van der Waals surface area contributed by atoms with E-state index in [1.54, 1.807) is 0 Å². The molecule has 5 rings (SSSR count). The van der Waals surface area contributed by atoms with E-state index in [0.29, 0.717) is 28.7 Å². The molecule has 1 saturated heterocycles. The highest BCUT2D eigenvalue weighted by Gasteiger charge is 2.58. The summed E-state index contributed by atoms with van der Waals surface area (Å²) in [7, 11) is 0. The monoisotopic (exact) mass is 386 g/mol. The van der Waals surface area contributed by atoms with Gasteiger partial charge in [0.15, 0.2) is 16.6 Å². The number of ether oxygens (including phenoxy) is 2. The number of aromatic amines is 1. The first kappa shape index (κ1) is 16.3. The molecule has 1 spiro atoms. The van der Waals surface area contributed by atoms with Crippen molar-refractivity contribution in [3.05, 3.63) is 10.4 Å². The van der Waals surface area contributed by atoms with E-state index in [1.165, 1.54) is 6.42 Å². The van der Waals surface area contributed by atoms with Gasteiger partial charge in [-0.1, -0.05) is 24.9 Å². The fraction of sp³-hybridized carbons (Fsp3) is 0.750. The average Bonchev–Trinajstić information content (AvgIpc) is 3.00. The molecule has 9 heteroatoms.